The standard InChI is InChI=1S/C23H26N8O2/c1-33-19-11-27-22-20(21(19)30-8-4-5-16(24)13-30)18(10-26-22)29-23(32)15-9-28-31(12-15)14-17-6-2-3-7-25-17/h2-3,6-7,9-12,16H,4-5,8,13-14,24H2,1H3,(H,26,27)(H,29,32)/t16-/m1/s1. The van der Waals surface area contributed by atoms with E-state index in [1.54, 1.807) is 42.8 Å². The number of fused-ring (bicyclic) bond motifs is 1. The van der Waals surface area contributed by atoms with Crippen molar-refractivity contribution in [3.05, 3.63) is 60.4 Å². The molecule has 1 fully saturated rings. The molecule has 0 saturated carbocycles. The number of rotatable bonds is 6. The highest BCUT2D eigenvalue weighted by Crippen LogP contribution is 2.40. The quantitative estimate of drug-likeness (QED) is 0.415. The van der Waals surface area contributed by atoms with Crippen LogP contribution in [0.5, 0.6) is 5.75 Å². The number of anilines is 2. The number of H-pyrrole nitrogens is 1. The first-order chi connectivity index (χ1) is 16.1. The lowest BCUT2D eigenvalue weighted by atomic mass is 10.0. The predicted octanol–water partition coefficient (Wildman–Crippen LogP) is 2.39. The van der Waals surface area contributed by atoms with Crippen molar-refractivity contribution < 1.29 is 9.53 Å². The van der Waals surface area contributed by atoms with Crippen molar-refractivity contribution in [3.8, 4) is 5.75 Å². The second-order valence-corrected chi connectivity index (χ2v) is 8.15. The summed E-state index contributed by atoms with van der Waals surface area (Å²) in [7, 11) is 1.62. The zero-order valence-corrected chi connectivity index (χ0v) is 18.4. The van der Waals surface area contributed by atoms with Crippen LogP contribution >= 0.6 is 0 Å². The number of nitrogens with one attached hydrogen (secondary N) is 2. The van der Waals surface area contributed by atoms with Gasteiger partial charge in [-0.3, -0.25) is 14.5 Å². The maximum atomic E-state index is 13.0. The van der Waals surface area contributed by atoms with E-state index in [4.69, 9.17) is 10.5 Å². The smallest absolute Gasteiger partial charge is 0.258 e. The second kappa shape index (κ2) is 8.91. The third-order valence-electron chi connectivity index (χ3n) is 5.83. The summed E-state index contributed by atoms with van der Waals surface area (Å²) in [5.41, 5.74) is 9.75. The Labute approximate surface area is 190 Å². The Morgan fingerprint density at radius 3 is 3.03 bits per heavy atom. The third-order valence-corrected chi connectivity index (χ3v) is 5.83. The number of hydrogen-bond donors (Lipinski definition) is 3. The number of carbonyl (C=O) groups is 1. The van der Waals surface area contributed by atoms with Crippen LogP contribution in [0, 0.1) is 0 Å². The first-order valence-electron chi connectivity index (χ1n) is 10.9. The van der Waals surface area contributed by atoms with Crippen LogP contribution in [0.15, 0.2) is 49.2 Å². The Balaban J connectivity index is 1.43. The van der Waals surface area contributed by atoms with Crippen molar-refractivity contribution in [2.75, 3.05) is 30.4 Å². The van der Waals surface area contributed by atoms with E-state index in [9.17, 15) is 4.79 Å². The fraction of sp³-hybridized carbons (Fsp3) is 0.304. The van der Waals surface area contributed by atoms with Gasteiger partial charge in [-0.25, -0.2) is 4.98 Å². The van der Waals surface area contributed by atoms with Gasteiger partial charge in [-0.05, 0) is 25.0 Å². The molecule has 0 unspecified atom stereocenters. The van der Waals surface area contributed by atoms with E-state index in [1.165, 1.54) is 0 Å². The molecule has 1 amide bonds. The average molecular weight is 447 g/mol. The minimum Gasteiger partial charge on any atom is -0.493 e. The summed E-state index contributed by atoms with van der Waals surface area (Å²) < 4.78 is 7.32. The van der Waals surface area contributed by atoms with E-state index >= 15 is 0 Å². The van der Waals surface area contributed by atoms with Gasteiger partial charge in [0.1, 0.15) is 5.65 Å². The topological polar surface area (TPSA) is 127 Å². The molecule has 4 N–H and O–H groups in total. The Hall–Kier alpha value is -3.92. The van der Waals surface area contributed by atoms with Gasteiger partial charge in [0.05, 0.1) is 54.1 Å². The van der Waals surface area contributed by atoms with E-state index in [0.717, 1.165) is 36.2 Å². The average Bonchev–Trinajstić information content (AvgIpc) is 3.46. The summed E-state index contributed by atoms with van der Waals surface area (Å²) in [6.07, 6.45) is 10.4. The number of nitrogens with two attached hydrogens (primary N) is 1. The van der Waals surface area contributed by atoms with Crippen molar-refractivity contribution in [1.82, 2.24) is 24.7 Å². The van der Waals surface area contributed by atoms with Crippen molar-refractivity contribution in [2.24, 2.45) is 5.73 Å². The van der Waals surface area contributed by atoms with Crippen LogP contribution in [-0.2, 0) is 6.54 Å². The molecular formula is C23H26N8O2. The summed E-state index contributed by atoms with van der Waals surface area (Å²) in [6.45, 7) is 2.07. The zero-order valence-electron chi connectivity index (χ0n) is 18.4. The molecule has 4 aromatic heterocycles. The number of aromatic amines is 1. The molecule has 0 aliphatic carbocycles. The van der Waals surface area contributed by atoms with Crippen LogP contribution in [0.4, 0.5) is 11.4 Å². The number of hydrogen-bond acceptors (Lipinski definition) is 7. The Bertz CT molecular complexity index is 1270. The molecule has 4 aromatic rings. The summed E-state index contributed by atoms with van der Waals surface area (Å²) in [4.78, 5) is 27.2. The van der Waals surface area contributed by atoms with E-state index < -0.39 is 0 Å². The summed E-state index contributed by atoms with van der Waals surface area (Å²) in [5, 5.41) is 8.12. The van der Waals surface area contributed by atoms with Gasteiger partial charge in [0.25, 0.3) is 5.91 Å². The number of ether oxygens (including phenoxy) is 1. The van der Waals surface area contributed by atoms with Crippen molar-refractivity contribution in [3.63, 3.8) is 0 Å². The lowest BCUT2D eigenvalue weighted by Gasteiger charge is -2.34. The van der Waals surface area contributed by atoms with Gasteiger partial charge in [0.2, 0.25) is 0 Å². The van der Waals surface area contributed by atoms with Crippen LogP contribution in [-0.4, -0.2) is 56.9 Å². The van der Waals surface area contributed by atoms with Crippen molar-refractivity contribution >= 4 is 28.3 Å². The minimum atomic E-state index is -0.257. The monoisotopic (exact) mass is 446 g/mol. The van der Waals surface area contributed by atoms with E-state index in [1.807, 2.05) is 18.2 Å². The van der Waals surface area contributed by atoms with Crippen molar-refractivity contribution in [2.45, 2.75) is 25.4 Å². The maximum absolute atomic E-state index is 13.0. The zero-order chi connectivity index (χ0) is 22.8. The number of aromatic nitrogens is 5. The first-order valence-corrected chi connectivity index (χ1v) is 10.9. The highest BCUT2D eigenvalue weighted by Gasteiger charge is 2.25. The molecule has 1 aliphatic heterocycles. The molecule has 1 saturated heterocycles. The Morgan fingerprint density at radius 1 is 1.33 bits per heavy atom. The first kappa shape index (κ1) is 21.0. The second-order valence-electron chi connectivity index (χ2n) is 8.15. The molecule has 0 aromatic carbocycles. The Morgan fingerprint density at radius 2 is 2.24 bits per heavy atom. The van der Waals surface area contributed by atoms with Gasteiger partial charge in [0, 0.05) is 37.7 Å². The molecule has 0 bridgehead atoms. The van der Waals surface area contributed by atoms with Crippen LogP contribution < -0.4 is 20.7 Å². The summed E-state index contributed by atoms with van der Waals surface area (Å²) >= 11 is 0. The molecular weight excluding hydrogens is 420 g/mol. The van der Waals surface area contributed by atoms with Crippen LogP contribution in [0.25, 0.3) is 11.0 Å². The molecule has 0 radical (unpaired) electrons. The molecule has 5 rings (SSSR count). The van der Waals surface area contributed by atoms with Gasteiger partial charge in [-0.1, -0.05) is 6.07 Å². The normalized spacial score (nSPS) is 16.2. The Kier molecular flexibility index (Phi) is 5.66. The number of piperidine rings is 1. The van der Waals surface area contributed by atoms with Crippen LogP contribution in [0.1, 0.15) is 28.9 Å². The molecule has 0 spiro atoms. The predicted molar refractivity (Wildman–Crippen MR) is 126 cm³/mol. The number of methoxy groups -OCH3 is 1. The molecule has 10 heteroatoms. The number of carbonyl (C=O) groups excluding carboxylic acids is 1. The van der Waals surface area contributed by atoms with Gasteiger partial charge in [-0.15, -0.1) is 0 Å². The molecule has 10 nitrogen and oxygen atoms in total. The van der Waals surface area contributed by atoms with Gasteiger partial charge >= 0.3 is 0 Å². The van der Waals surface area contributed by atoms with Gasteiger partial charge < -0.3 is 25.7 Å². The molecule has 33 heavy (non-hydrogen) atoms. The van der Waals surface area contributed by atoms with E-state index in [2.05, 4.69) is 30.3 Å². The lowest BCUT2D eigenvalue weighted by molar-refractivity contribution is 0.102. The number of amides is 1. The third kappa shape index (κ3) is 4.24. The van der Waals surface area contributed by atoms with E-state index in [-0.39, 0.29) is 11.9 Å². The fourth-order valence-electron chi connectivity index (χ4n) is 4.26. The minimum absolute atomic E-state index is 0.0913. The van der Waals surface area contributed by atoms with Crippen molar-refractivity contribution in [1.29, 1.82) is 0 Å². The maximum Gasteiger partial charge on any atom is 0.258 e. The summed E-state index contributed by atoms with van der Waals surface area (Å²) in [6, 6.07) is 5.80. The fourth-order valence-corrected chi connectivity index (χ4v) is 4.26. The highest BCUT2D eigenvalue weighted by molar-refractivity contribution is 6.12. The largest absolute Gasteiger partial charge is 0.493 e. The molecule has 1 aliphatic rings. The van der Waals surface area contributed by atoms with E-state index in [0.29, 0.717) is 35.7 Å². The lowest BCUT2D eigenvalue weighted by Crippen LogP contribution is -2.43. The SMILES string of the molecule is COc1cnc2[nH]cc(NC(=O)c3cnn(Cc4ccccn4)c3)c2c1N1CCC[C@@H](N)C1. The molecule has 170 valence electrons. The highest BCUT2D eigenvalue weighted by atomic mass is 16.5. The van der Waals surface area contributed by atoms with Gasteiger partial charge in [0.15, 0.2) is 5.75 Å². The van der Waals surface area contributed by atoms with Crippen LogP contribution in [0.2, 0.25) is 0 Å². The number of pyridine rings is 2. The number of nitrogens with zero attached hydrogens (tertiary/aromatic N) is 5. The van der Waals surface area contributed by atoms with Gasteiger partial charge in [-0.2, -0.15) is 5.10 Å². The summed E-state index contributed by atoms with van der Waals surface area (Å²) in [5.74, 6) is 0.391. The molecule has 5 heterocycles. The van der Waals surface area contributed by atoms with Crippen LogP contribution in [0.3, 0.4) is 0 Å². The molecule has 1 atom stereocenters.